The van der Waals surface area contributed by atoms with Crippen molar-refractivity contribution in [3.05, 3.63) is 42.2 Å². The van der Waals surface area contributed by atoms with E-state index in [9.17, 15) is 14.4 Å². The van der Waals surface area contributed by atoms with Crippen molar-refractivity contribution in [1.82, 2.24) is 9.97 Å². The SMILES string of the molecule is NC(=O)c1nc2ccccc2[nH]1.O=C(O)/C=C\C(=O)O. The fourth-order valence-corrected chi connectivity index (χ4v) is 1.21. The summed E-state index contributed by atoms with van der Waals surface area (Å²) < 4.78 is 0. The number of carbonyl (C=O) groups excluding carboxylic acids is 1. The number of hydrogen-bond donors (Lipinski definition) is 4. The van der Waals surface area contributed by atoms with E-state index in [4.69, 9.17) is 15.9 Å². The van der Waals surface area contributed by atoms with Crippen molar-refractivity contribution in [3.8, 4) is 0 Å². The number of carbonyl (C=O) groups is 3. The molecule has 0 aliphatic heterocycles. The van der Waals surface area contributed by atoms with Gasteiger partial charge in [0, 0.05) is 12.2 Å². The molecule has 0 fully saturated rings. The number of para-hydroxylation sites is 2. The number of benzene rings is 1. The molecule has 1 aromatic carbocycles. The Morgan fingerprint density at radius 2 is 1.65 bits per heavy atom. The molecule has 0 bridgehead atoms. The van der Waals surface area contributed by atoms with E-state index in [0.29, 0.717) is 12.2 Å². The number of rotatable bonds is 3. The highest BCUT2D eigenvalue weighted by Gasteiger charge is 2.05. The number of nitrogens with two attached hydrogens (primary N) is 1. The van der Waals surface area contributed by atoms with Gasteiger partial charge in [-0.2, -0.15) is 0 Å². The lowest BCUT2D eigenvalue weighted by molar-refractivity contribution is -0.134. The maximum absolute atomic E-state index is 10.7. The second kappa shape index (κ2) is 6.69. The number of H-pyrrole nitrogens is 1. The minimum atomic E-state index is -1.26. The number of aliphatic carboxylic acids is 2. The normalized spacial score (nSPS) is 10.0. The van der Waals surface area contributed by atoms with Gasteiger partial charge in [-0.05, 0) is 12.1 Å². The van der Waals surface area contributed by atoms with Crippen LogP contribution in [0.2, 0.25) is 0 Å². The lowest BCUT2D eigenvalue weighted by Crippen LogP contribution is -2.12. The smallest absolute Gasteiger partial charge is 0.328 e. The molecule has 8 heteroatoms. The standard InChI is InChI=1S/C8H7N3O.C4H4O4/c9-7(12)8-10-5-3-1-2-4-6(5)11-8;5-3(6)1-2-4(7)8/h1-4H,(H2,9,12)(H,10,11);1-2H,(H,5,6)(H,7,8)/b;2-1-. The van der Waals surface area contributed by atoms with Crippen LogP contribution in [0.4, 0.5) is 0 Å². The third-order valence-corrected chi connectivity index (χ3v) is 1.99. The Morgan fingerprint density at radius 3 is 2.10 bits per heavy atom. The Labute approximate surface area is 112 Å². The summed E-state index contributed by atoms with van der Waals surface area (Å²) in [6, 6.07) is 7.38. The predicted octanol–water partition coefficient (Wildman–Crippen LogP) is 0.374. The average Bonchev–Trinajstić information content (AvgIpc) is 2.81. The predicted molar refractivity (Wildman–Crippen MR) is 69.0 cm³/mol. The van der Waals surface area contributed by atoms with Crippen molar-refractivity contribution < 1.29 is 24.6 Å². The lowest BCUT2D eigenvalue weighted by Gasteiger charge is -1.82. The van der Waals surface area contributed by atoms with Gasteiger partial charge in [-0.1, -0.05) is 12.1 Å². The molecular weight excluding hydrogens is 266 g/mol. The van der Waals surface area contributed by atoms with Crippen molar-refractivity contribution in [2.24, 2.45) is 5.73 Å². The first-order valence-corrected chi connectivity index (χ1v) is 5.28. The number of imidazole rings is 1. The molecule has 0 aliphatic carbocycles. The van der Waals surface area contributed by atoms with E-state index in [1.54, 1.807) is 0 Å². The van der Waals surface area contributed by atoms with Gasteiger partial charge >= 0.3 is 11.9 Å². The molecule has 0 spiro atoms. The summed E-state index contributed by atoms with van der Waals surface area (Å²) >= 11 is 0. The maximum Gasteiger partial charge on any atom is 0.328 e. The van der Waals surface area contributed by atoms with Gasteiger partial charge in [-0.3, -0.25) is 4.79 Å². The molecule has 1 amide bonds. The molecule has 104 valence electrons. The summed E-state index contributed by atoms with van der Waals surface area (Å²) in [4.78, 5) is 36.6. The van der Waals surface area contributed by atoms with Crippen molar-refractivity contribution in [1.29, 1.82) is 0 Å². The zero-order valence-corrected chi connectivity index (χ0v) is 10.1. The van der Waals surface area contributed by atoms with Crippen LogP contribution in [0.5, 0.6) is 0 Å². The first kappa shape index (κ1) is 14.9. The summed E-state index contributed by atoms with van der Waals surface area (Å²) in [6.45, 7) is 0. The van der Waals surface area contributed by atoms with Gasteiger partial charge in [0.1, 0.15) is 0 Å². The van der Waals surface area contributed by atoms with Crippen molar-refractivity contribution in [2.45, 2.75) is 0 Å². The van der Waals surface area contributed by atoms with E-state index < -0.39 is 17.8 Å². The zero-order chi connectivity index (χ0) is 15.1. The molecule has 5 N–H and O–H groups in total. The number of hydrogen-bond acceptors (Lipinski definition) is 4. The van der Waals surface area contributed by atoms with Crippen LogP contribution in [0.15, 0.2) is 36.4 Å². The van der Waals surface area contributed by atoms with Crippen LogP contribution in [0.1, 0.15) is 10.6 Å². The van der Waals surface area contributed by atoms with E-state index in [-0.39, 0.29) is 5.82 Å². The van der Waals surface area contributed by atoms with Gasteiger partial charge in [0.25, 0.3) is 5.91 Å². The number of aromatic amines is 1. The van der Waals surface area contributed by atoms with Gasteiger partial charge < -0.3 is 20.9 Å². The molecule has 1 heterocycles. The quantitative estimate of drug-likeness (QED) is 0.596. The molecule has 2 aromatic rings. The van der Waals surface area contributed by atoms with Gasteiger partial charge in [-0.15, -0.1) is 0 Å². The minimum Gasteiger partial charge on any atom is -0.478 e. The van der Waals surface area contributed by atoms with Crippen LogP contribution in [-0.2, 0) is 9.59 Å². The monoisotopic (exact) mass is 277 g/mol. The van der Waals surface area contributed by atoms with Crippen LogP contribution >= 0.6 is 0 Å². The van der Waals surface area contributed by atoms with Gasteiger partial charge in [0.2, 0.25) is 0 Å². The number of amides is 1. The van der Waals surface area contributed by atoms with Crippen molar-refractivity contribution in [3.63, 3.8) is 0 Å². The highest BCUT2D eigenvalue weighted by Crippen LogP contribution is 2.09. The fraction of sp³-hybridized carbons (Fsp3) is 0. The third kappa shape index (κ3) is 4.61. The second-order valence-corrected chi connectivity index (χ2v) is 3.48. The number of carboxylic acid groups (broad SMARTS) is 2. The van der Waals surface area contributed by atoms with E-state index in [0.717, 1.165) is 11.0 Å². The summed E-state index contributed by atoms with van der Waals surface area (Å²) in [5, 5.41) is 15.6. The average molecular weight is 277 g/mol. The summed E-state index contributed by atoms with van der Waals surface area (Å²) in [6.07, 6.45) is 1.12. The minimum absolute atomic E-state index is 0.205. The largest absolute Gasteiger partial charge is 0.478 e. The molecule has 20 heavy (non-hydrogen) atoms. The fourth-order valence-electron chi connectivity index (χ4n) is 1.21. The molecule has 0 atom stereocenters. The van der Waals surface area contributed by atoms with Crippen LogP contribution in [-0.4, -0.2) is 38.0 Å². The van der Waals surface area contributed by atoms with Gasteiger partial charge in [0.15, 0.2) is 5.82 Å². The van der Waals surface area contributed by atoms with E-state index >= 15 is 0 Å². The first-order chi connectivity index (χ1) is 9.40. The first-order valence-electron chi connectivity index (χ1n) is 5.28. The van der Waals surface area contributed by atoms with Crippen molar-refractivity contribution in [2.75, 3.05) is 0 Å². The number of primary amides is 1. The van der Waals surface area contributed by atoms with E-state index in [1.165, 1.54) is 0 Å². The van der Waals surface area contributed by atoms with Crippen molar-refractivity contribution >= 4 is 28.9 Å². The Morgan fingerprint density at radius 1 is 1.10 bits per heavy atom. The van der Waals surface area contributed by atoms with E-state index in [2.05, 4.69) is 9.97 Å². The number of carboxylic acids is 2. The third-order valence-electron chi connectivity index (χ3n) is 1.99. The zero-order valence-electron chi connectivity index (χ0n) is 10.1. The van der Waals surface area contributed by atoms with Crippen LogP contribution in [0.25, 0.3) is 11.0 Å². The number of aromatic nitrogens is 2. The highest BCUT2D eigenvalue weighted by molar-refractivity contribution is 5.92. The molecular formula is C12H11N3O5. The van der Waals surface area contributed by atoms with Crippen LogP contribution < -0.4 is 5.73 Å². The van der Waals surface area contributed by atoms with Crippen LogP contribution in [0.3, 0.4) is 0 Å². The summed E-state index contributed by atoms with van der Waals surface area (Å²) in [5.74, 6) is -2.85. The van der Waals surface area contributed by atoms with Gasteiger partial charge in [-0.25, -0.2) is 14.6 Å². The number of nitrogens with one attached hydrogen (secondary N) is 1. The Balaban J connectivity index is 0.000000221. The Kier molecular flexibility index (Phi) is 4.98. The molecule has 0 aliphatic rings. The lowest BCUT2D eigenvalue weighted by atomic mass is 10.3. The molecule has 0 unspecified atom stereocenters. The molecule has 0 radical (unpaired) electrons. The molecule has 1 aromatic heterocycles. The maximum atomic E-state index is 10.7. The second-order valence-electron chi connectivity index (χ2n) is 3.48. The van der Waals surface area contributed by atoms with Gasteiger partial charge in [0.05, 0.1) is 11.0 Å². The number of nitrogens with zero attached hydrogens (tertiary/aromatic N) is 1. The molecule has 2 rings (SSSR count). The summed E-state index contributed by atoms with van der Waals surface area (Å²) in [5.41, 5.74) is 6.63. The molecule has 0 saturated heterocycles. The Hall–Kier alpha value is -3.16. The Bertz CT molecular complexity index is 626. The molecule has 0 saturated carbocycles. The summed E-state index contributed by atoms with van der Waals surface area (Å²) in [7, 11) is 0. The topological polar surface area (TPSA) is 146 Å². The van der Waals surface area contributed by atoms with Crippen LogP contribution in [0, 0.1) is 0 Å². The number of fused-ring (bicyclic) bond motifs is 1. The molecule has 8 nitrogen and oxygen atoms in total. The van der Waals surface area contributed by atoms with E-state index in [1.807, 2.05) is 24.3 Å². The highest BCUT2D eigenvalue weighted by atomic mass is 16.4.